The van der Waals surface area contributed by atoms with Crippen LogP contribution in [0.2, 0.25) is 0 Å². The molecule has 2 aromatic rings. The minimum Gasteiger partial charge on any atom is -0.491 e. The summed E-state index contributed by atoms with van der Waals surface area (Å²) in [6, 6.07) is 8.15. The summed E-state index contributed by atoms with van der Waals surface area (Å²) in [6.07, 6.45) is 0.387. The lowest BCUT2D eigenvalue weighted by molar-refractivity contribution is -0.137. The molecule has 1 unspecified atom stereocenters. The molecular formula is C23H22FN3O6. The van der Waals surface area contributed by atoms with Gasteiger partial charge < -0.3 is 20.1 Å². The molecule has 0 aliphatic carbocycles. The molecule has 33 heavy (non-hydrogen) atoms. The summed E-state index contributed by atoms with van der Waals surface area (Å²) >= 11 is 0. The van der Waals surface area contributed by atoms with Gasteiger partial charge in [-0.05, 0) is 35.7 Å². The normalized spacial score (nSPS) is 17.6. The number of nitrogens with one attached hydrogen (secondary N) is 2. The number of nitrogens with zero attached hydrogens (tertiary/aromatic N) is 1. The molecule has 0 bridgehead atoms. The Morgan fingerprint density at radius 2 is 2.03 bits per heavy atom. The summed E-state index contributed by atoms with van der Waals surface area (Å²) in [7, 11) is 0. The third-order valence-corrected chi connectivity index (χ3v) is 5.52. The number of benzene rings is 2. The highest BCUT2D eigenvalue weighted by atomic mass is 19.1. The van der Waals surface area contributed by atoms with Crippen LogP contribution in [0.25, 0.3) is 0 Å². The second kappa shape index (κ2) is 9.37. The fraction of sp³-hybridized carbons (Fsp3) is 0.304. The lowest BCUT2D eigenvalue weighted by atomic mass is 10.0. The number of amides is 4. The number of aliphatic hydroxyl groups excluding tert-OH is 1. The minimum absolute atomic E-state index is 0.0444. The molecule has 1 atom stereocenters. The number of fused-ring (bicyclic) bond motifs is 1. The van der Waals surface area contributed by atoms with Crippen LogP contribution in [0.5, 0.6) is 5.75 Å². The predicted molar refractivity (Wildman–Crippen MR) is 114 cm³/mol. The Morgan fingerprint density at radius 3 is 2.79 bits per heavy atom. The molecular weight excluding hydrogens is 433 g/mol. The van der Waals surface area contributed by atoms with Gasteiger partial charge in [-0.15, -0.1) is 0 Å². The van der Waals surface area contributed by atoms with Gasteiger partial charge in [-0.1, -0.05) is 12.1 Å². The number of ether oxygens (including phenoxy) is 1. The summed E-state index contributed by atoms with van der Waals surface area (Å²) in [4.78, 5) is 50.2. The van der Waals surface area contributed by atoms with Gasteiger partial charge in [-0.3, -0.25) is 24.5 Å². The average molecular weight is 455 g/mol. The number of halogens is 1. The van der Waals surface area contributed by atoms with Crippen molar-refractivity contribution in [3.63, 3.8) is 0 Å². The molecule has 2 aliphatic heterocycles. The maximum absolute atomic E-state index is 14.1. The van der Waals surface area contributed by atoms with Crippen molar-refractivity contribution >= 4 is 29.3 Å². The lowest BCUT2D eigenvalue weighted by Gasteiger charge is -2.29. The van der Waals surface area contributed by atoms with E-state index < -0.39 is 23.7 Å². The van der Waals surface area contributed by atoms with E-state index in [1.54, 1.807) is 18.2 Å². The number of hydrogen-bond acceptors (Lipinski definition) is 6. The molecule has 2 heterocycles. The van der Waals surface area contributed by atoms with Gasteiger partial charge >= 0.3 is 0 Å². The van der Waals surface area contributed by atoms with E-state index in [0.29, 0.717) is 22.4 Å². The Hall–Kier alpha value is -3.79. The number of aliphatic hydroxyl groups is 1. The second-order valence-corrected chi connectivity index (χ2v) is 7.83. The number of anilines is 1. The molecule has 0 spiro atoms. The fourth-order valence-electron chi connectivity index (χ4n) is 3.97. The van der Waals surface area contributed by atoms with Crippen LogP contribution in [0.15, 0.2) is 36.4 Å². The highest BCUT2D eigenvalue weighted by molar-refractivity contribution is 6.05. The quantitative estimate of drug-likeness (QED) is 0.538. The van der Waals surface area contributed by atoms with Crippen molar-refractivity contribution in [3.8, 4) is 5.75 Å². The molecule has 9 nitrogen and oxygen atoms in total. The lowest BCUT2D eigenvalue weighted by Crippen LogP contribution is -2.52. The van der Waals surface area contributed by atoms with Crippen molar-refractivity contribution in [3.05, 3.63) is 58.9 Å². The number of carbonyl (C=O) groups excluding carboxylic acids is 4. The fourth-order valence-corrected chi connectivity index (χ4v) is 3.97. The standard InChI is InChI=1S/C23H22FN3O6/c24-17-4-2-15(33-8-7-28)11-18(17)25-21(30)10-13-1-3-16-14(9-13)12-27(23(16)32)19-5-6-20(29)26-22(19)31/h1-4,9,11,19,28H,5-8,10,12H2,(H,25,30)(H,26,29,31). The topological polar surface area (TPSA) is 125 Å². The van der Waals surface area contributed by atoms with Gasteiger partial charge in [0.2, 0.25) is 17.7 Å². The van der Waals surface area contributed by atoms with E-state index in [-0.39, 0.29) is 56.5 Å². The number of piperidine rings is 1. The van der Waals surface area contributed by atoms with Crippen LogP contribution in [-0.4, -0.2) is 52.9 Å². The van der Waals surface area contributed by atoms with Gasteiger partial charge in [-0.2, -0.15) is 0 Å². The molecule has 0 saturated carbocycles. The van der Waals surface area contributed by atoms with E-state index in [9.17, 15) is 23.6 Å². The Kier molecular flexibility index (Phi) is 6.36. The third-order valence-electron chi connectivity index (χ3n) is 5.52. The van der Waals surface area contributed by atoms with Gasteiger partial charge in [0, 0.05) is 24.6 Å². The van der Waals surface area contributed by atoms with Crippen LogP contribution in [0.3, 0.4) is 0 Å². The smallest absolute Gasteiger partial charge is 0.255 e. The van der Waals surface area contributed by atoms with Crippen molar-refractivity contribution in [1.82, 2.24) is 10.2 Å². The number of carbonyl (C=O) groups is 4. The van der Waals surface area contributed by atoms with Crippen molar-refractivity contribution in [2.24, 2.45) is 0 Å². The second-order valence-electron chi connectivity index (χ2n) is 7.83. The van der Waals surface area contributed by atoms with Crippen molar-refractivity contribution in [2.45, 2.75) is 31.8 Å². The largest absolute Gasteiger partial charge is 0.491 e. The summed E-state index contributed by atoms with van der Waals surface area (Å²) in [5.41, 5.74) is 1.71. The highest BCUT2D eigenvalue weighted by Crippen LogP contribution is 2.28. The van der Waals surface area contributed by atoms with Crippen LogP contribution in [-0.2, 0) is 27.3 Å². The van der Waals surface area contributed by atoms with E-state index in [1.165, 1.54) is 17.0 Å². The SMILES string of the molecule is O=C1CCC(N2Cc3cc(CC(=O)Nc4cc(OCCO)ccc4F)ccc3C2=O)C(=O)N1. The van der Waals surface area contributed by atoms with Gasteiger partial charge in [-0.25, -0.2) is 4.39 Å². The van der Waals surface area contributed by atoms with Crippen molar-refractivity contribution in [1.29, 1.82) is 0 Å². The molecule has 1 fully saturated rings. The Labute approximate surface area is 188 Å². The molecule has 0 radical (unpaired) electrons. The first kappa shape index (κ1) is 22.4. The van der Waals surface area contributed by atoms with Gasteiger partial charge in [0.1, 0.15) is 24.2 Å². The maximum atomic E-state index is 14.1. The molecule has 0 aromatic heterocycles. The first-order chi connectivity index (χ1) is 15.9. The molecule has 4 rings (SSSR count). The van der Waals surface area contributed by atoms with E-state index in [0.717, 1.165) is 6.07 Å². The summed E-state index contributed by atoms with van der Waals surface area (Å²) in [6.45, 7) is 0.0539. The maximum Gasteiger partial charge on any atom is 0.255 e. The van der Waals surface area contributed by atoms with Crippen molar-refractivity contribution < 1.29 is 33.4 Å². The first-order valence-corrected chi connectivity index (χ1v) is 10.4. The van der Waals surface area contributed by atoms with E-state index >= 15 is 0 Å². The van der Waals surface area contributed by atoms with E-state index in [1.807, 2.05) is 0 Å². The molecule has 4 amide bonds. The zero-order valence-corrected chi connectivity index (χ0v) is 17.6. The first-order valence-electron chi connectivity index (χ1n) is 10.4. The Morgan fingerprint density at radius 1 is 1.21 bits per heavy atom. The van der Waals surface area contributed by atoms with Crippen molar-refractivity contribution in [2.75, 3.05) is 18.5 Å². The monoisotopic (exact) mass is 455 g/mol. The van der Waals surface area contributed by atoms with E-state index in [2.05, 4.69) is 10.6 Å². The van der Waals surface area contributed by atoms with Crippen LogP contribution >= 0.6 is 0 Å². The number of imide groups is 1. The summed E-state index contributed by atoms with van der Waals surface area (Å²) in [5.74, 6) is -1.91. The summed E-state index contributed by atoms with van der Waals surface area (Å²) in [5, 5.41) is 13.6. The zero-order valence-electron chi connectivity index (χ0n) is 17.6. The van der Waals surface area contributed by atoms with E-state index in [4.69, 9.17) is 9.84 Å². The Balaban J connectivity index is 1.43. The minimum atomic E-state index is -0.711. The number of rotatable bonds is 7. The summed E-state index contributed by atoms with van der Waals surface area (Å²) < 4.78 is 19.3. The van der Waals surface area contributed by atoms with Crippen LogP contribution < -0.4 is 15.4 Å². The van der Waals surface area contributed by atoms with Crippen LogP contribution in [0.4, 0.5) is 10.1 Å². The number of hydrogen-bond donors (Lipinski definition) is 3. The van der Waals surface area contributed by atoms with Gasteiger partial charge in [0.25, 0.3) is 5.91 Å². The predicted octanol–water partition coefficient (Wildman–Crippen LogP) is 1.14. The Bertz CT molecular complexity index is 1140. The molecule has 10 heteroatoms. The van der Waals surface area contributed by atoms with Gasteiger partial charge in [0.15, 0.2) is 0 Å². The van der Waals surface area contributed by atoms with Gasteiger partial charge in [0.05, 0.1) is 18.7 Å². The molecule has 2 aromatic carbocycles. The molecule has 1 saturated heterocycles. The third kappa shape index (κ3) is 4.85. The van der Waals surface area contributed by atoms with Crippen LogP contribution in [0.1, 0.15) is 34.3 Å². The molecule has 3 N–H and O–H groups in total. The van der Waals surface area contributed by atoms with Crippen LogP contribution in [0, 0.1) is 5.82 Å². The highest BCUT2D eigenvalue weighted by Gasteiger charge is 2.39. The molecule has 172 valence electrons. The zero-order chi connectivity index (χ0) is 23.5. The molecule has 2 aliphatic rings. The average Bonchev–Trinajstić information content (AvgIpc) is 3.09.